The van der Waals surface area contributed by atoms with Gasteiger partial charge in [-0.05, 0) is 32.4 Å². The van der Waals surface area contributed by atoms with E-state index in [1.807, 2.05) is 85.8 Å². The molecular weight excluding hydrogens is 394 g/mol. The van der Waals surface area contributed by atoms with Crippen molar-refractivity contribution in [3.63, 3.8) is 0 Å². The second-order valence-corrected chi connectivity index (χ2v) is 8.22. The first-order valence-electron chi connectivity index (χ1n) is 10.4. The van der Waals surface area contributed by atoms with Gasteiger partial charge in [0, 0.05) is 21.7 Å². The van der Waals surface area contributed by atoms with E-state index >= 15 is 0 Å². The summed E-state index contributed by atoms with van der Waals surface area (Å²) in [7, 11) is 0. The predicted octanol–water partition coefficient (Wildman–Crippen LogP) is 5.63. The summed E-state index contributed by atoms with van der Waals surface area (Å²) in [6, 6.07) is 25.3. The molecule has 3 nitrogen and oxygen atoms in total. The lowest BCUT2D eigenvalue weighted by molar-refractivity contribution is -0.156. The number of benzene rings is 3. The van der Waals surface area contributed by atoms with Crippen LogP contribution in [0.4, 0.5) is 0 Å². The lowest BCUT2D eigenvalue weighted by atomic mass is 9.79. The molecule has 3 aromatic rings. The molecule has 4 rings (SSSR count). The van der Waals surface area contributed by atoms with E-state index in [0.717, 1.165) is 48.1 Å². The topological polar surface area (TPSA) is 38.3 Å². The number of hydrogen-bond acceptors (Lipinski definition) is 3. The first kappa shape index (κ1) is 20.6. The van der Waals surface area contributed by atoms with Gasteiger partial charge in [0.1, 0.15) is 6.04 Å². The maximum atomic E-state index is 13.4. The van der Waals surface area contributed by atoms with Gasteiger partial charge in [0.05, 0.1) is 0 Å². The van der Waals surface area contributed by atoms with Crippen molar-refractivity contribution in [2.24, 2.45) is 0 Å². The van der Waals surface area contributed by atoms with Crippen LogP contribution in [0.2, 0.25) is 5.02 Å². The van der Waals surface area contributed by atoms with Crippen LogP contribution < -0.4 is 5.32 Å². The molecule has 1 saturated heterocycles. The first-order chi connectivity index (χ1) is 14.6. The van der Waals surface area contributed by atoms with Gasteiger partial charge in [-0.25, -0.2) is 0 Å². The van der Waals surface area contributed by atoms with E-state index in [1.165, 1.54) is 0 Å². The Balaban J connectivity index is 1.92. The second-order valence-electron chi connectivity index (χ2n) is 7.82. The molecule has 0 aliphatic carbocycles. The Morgan fingerprint density at radius 3 is 2.27 bits per heavy atom. The van der Waals surface area contributed by atoms with Crippen molar-refractivity contribution in [3.8, 4) is 0 Å². The Morgan fingerprint density at radius 2 is 1.60 bits per heavy atom. The van der Waals surface area contributed by atoms with Crippen molar-refractivity contribution in [2.75, 3.05) is 6.54 Å². The number of nitrogens with one attached hydrogen (secondary N) is 1. The van der Waals surface area contributed by atoms with Gasteiger partial charge in [-0.3, -0.25) is 4.79 Å². The van der Waals surface area contributed by atoms with Crippen molar-refractivity contribution in [2.45, 2.75) is 37.8 Å². The molecule has 0 radical (unpaired) electrons. The summed E-state index contributed by atoms with van der Waals surface area (Å²) in [4.78, 5) is 13.4. The van der Waals surface area contributed by atoms with Crippen LogP contribution in [0.25, 0.3) is 0 Å². The number of carbonyl (C=O) groups is 1. The van der Waals surface area contributed by atoms with E-state index in [4.69, 9.17) is 16.3 Å². The maximum absolute atomic E-state index is 13.4. The number of aryl methyl sites for hydroxylation is 1. The van der Waals surface area contributed by atoms with Gasteiger partial charge >= 0.3 is 5.97 Å². The standard InChI is InChI=1S/C26H26ClNO2/c1-19-14-16-21(17-15-19)26(20-9-3-2-4-10-20,22-11-5-6-12-23(22)27)30-25(29)24-13-7-8-18-28-24/h2-6,9-12,14-17,24,28H,7-8,13,18H2,1H3/t24-,26?/m0/s1. The van der Waals surface area contributed by atoms with Crippen molar-refractivity contribution >= 4 is 17.6 Å². The third-order valence-electron chi connectivity index (χ3n) is 5.74. The number of rotatable bonds is 5. The number of piperidine rings is 1. The minimum absolute atomic E-state index is 0.251. The third-order valence-corrected chi connectivity index (χ3v) is 6.07. The van der Waals surface area contributed by atoms with Gasteiger partial charge in [-0.2, -0.15) is 0 Å². The van der Waals surface area contributed by atoms with E-state index in [1.54, 1.807) is 0 Å². The Hall–Kier alpha value is -2.62. The third kappa shape index (κ3) is 4.00. The van der Waals surface area contributed by atoms with Gasteiger partial charge in [0.25, 0.3) is 0 Å². The summed E-state index contributed by atoms with van der Waals surface area (Å²) in [6.45, 7) is 2.87. The van der Waals surface area contributed by atoms with E-state index < -0.39 is 5.60 Å². The quantitative estimate of drug-likeness (QED) is 0.430. The number of carbonyl (C=O) groups excluding carboxylic acids is 1. The molecule has 0 spiro atoms. The number of hydrogen-bond donors (Lipinski definition) is 1. The number of ether oxygens (including phenoxy) is 1. The van der Waals surface area contributed by atoms with E-state index in [-0.39, 0.29) is 12.0 Å². The molecule has 0 amide bonds. The van der Waals surface area contributed by atoms with Gasteiger partial charge in [-0.1, -0.05) is 96.4 Å². The zero-order chi connectivity index (χ0) is 21.0. The molecule has 0 aromatic heterocycles. The molecule has 0 bridgehead atoms. The maximum Gasteiger partial charge on any atom is 0.324 e. The van der Waals surface area contributed by atoms with Crippen molar-refractivity contribution in [1.29, 1.82) is 0 Å². The fourth-order valence-corrected chi connectivity index (χ4v) is 4.40. The molecule has 1 N–H and O–H groups in total. The number of halogens is 1. The van der Waals surface area contributed by atoms with Crippen molar-refractivity contribution in [1.82, 2.24) is 5.32 Å². The fraction of sp³-hybridized carbons (Fsp3) is 0.269. The van der Waals surface area contributed by atoms with Crippen LogP contribution in [0.3, 0.4) is 0 Å². The summed E-state index contributed by atoms with van der Waals surface area (Å²) in [5, 5.41) is 3.87. The highest BCUT2D eigenvalue weighted by molar-refractivity contribution is 6.31. The summed E-state index contributed by atoms with van der Waals surface area (Å²) in [6.07, 6.45) is 2.87. The SMILES string of the molecule is Cc1ccc(C(OC(=O)[C@@H]2CCCCN2)(c2ccccc2)c2ccccc2Cl)cc1. The molecule has 1 heterocycles. The lowest BCUT2D eigenvalue weighted by Gasteiger charge is -2.37. The van der Waals surface area contributed by atoms with Crippen molar-refractivity contribution < 1.29 is 9.53 Å². The van der Waals surface area contributed by atoms with Crippen LogP contribution in [0.1, 0.15) is 41.5 Å². The minimum atomic E-state index is -1.14. The number of esters is 1. The van der Waals surface area contributed by atoms with Gasteiger partial charge < -0.3 is 10.1 Å². The van der Waals surface area contributed by atoms with E-state index in [9.17, 15) is 4.79 Å². The fourth-order valence-electron chi connectivity index (χ4n) is 4.13. The van der Waals surface area contributed by atoms with Crippen LogP contribution in [-0.2, 0) is 15.1 Å². The van der Waals surface area contributed by atoms with Gasteiger partial charge in [-0.15, -0.1) is 0 Å². The van der Waals surface area contributed by atoms with Crippen LogP contribution in [-0.4, -0.2) is 18.6 Å². The Kier molecular flexibility index (Phi) is 6.21. The Labute approximate surface area is 183 Å². The average Bonchev–Trinajstić information content (AvgIpc) is 2.80. The highest BCUT2D eigenvalue weighted by atomic mass is 35.5. The second kappa shape index (κ2) is 9.03. The Morgan fingerprint density at radius 1 is 0.933 bits per heavy atom. The Bertz CT molecular complexity index is 997. The highest BCUT2D eigenvalue weighted by Gasteiger charge is 2.43. The minimum Gasteiger partial charge on any atom is -0.443 e. The molecule has 30 heavy (non-hydrogen) atoms. The monoisotopic (exact) mass is 419 g/mol. The summed E-state index contributed by atoms with van der Waals surface area (Å²) >= 11 is 6.70. The molecule has 1 aliphatic rings. The first-order valence-corrected chi connectivity index (χ1v) is 10.8. The highest BCUT2D eigenvalue weighted by Crippen LogP contribution is 2.43. The molecule has 1 fully saturated rings. The molecule has 3 aromatic carbocycles. The van der Waals surface area contributed by atoms with Crippen LogP contribution in [0.15, 0.2) is 78.9 Å². The summed E-state index contributed by atoms with van der Waals surface area (Å²) in [5.41, 5.74) is 2.50. The molecule has 1 aliphatic heterocycles. The summed E-state index contributed by atoms with van der Waals surface area (Å²) < 4.78 is 6.47. The molecule has 1 unspecified atom stereocenters. The zero-order valence-electron chi connectivity index (χ0n) is 17.1. The van der Waals surface area contributed by atoms with Crippen LogP contribution >= 0.6 is 11.6 Å². The average molecular weight is 420 g/mol. The van der Waals surface area contributed by atoms with Crippen LogP contribution in [0, 0.1) is 6.92 Å². The van der Waals surface area contributed by atoms with Gasteiger partial charge in [0.15, 0.2) is 5.60 Å². The van der Waals surface area contributed by atoms with Gasteiger partial charge in [0.2, 0.25) is 0 Å². The smallest absolute Gasteiger partial charge is 0.324 e. The lowest BCUT2D eigenvalue weighted by Crippen LogP contribution is -2.46. The largest absolute Gasteiger partial charge is 0.443 e. The molecule has 4 heteroatoms. The van der Waals surface area contributed by atoms with Crippen molar-refractivity contribution in [3.05, 3.63) is 106 Å². The molecule has 2 atom stereocenters. The predicted molar refractivity (Wildman–Crippen MR) is 121 cm³/mol. The molecule has 154 valence electrons. The zero-order valence-corrected chi connectivity index (χ0v) is 17.9. The van der Waals surface area contributed by atoms with Crippen LogP contribution in [0.5, 0.6) is 0 Å². The van der Waals surface area contributed by atoms with E-state index in [2.05, 4.69) is 5.32 Å². The normalized spacial score (nSPS) is 18.4. The molecule has 0 saturated carbocycles. The molecular formula is C26H26ClNO2. The summed E-state index contributed by atoms with van der Waals surface area (Å²) in [5.74, 6) is -0.251. The van der Waals surface area contributed by atoms with E-state index in [0.29, 0.717) is 5.02 Å².